The number of nitrogens with two attached hydrogens (primary N) is 1. The van der Waals surface area contributed by atoms with Gasteiger partial charge < -0.3 is 10.5 Å². The zero-order chi connectivity index (χ0) is 14.0. The van der Waals surface area contributed by atoms with Crippen molar-refractivity contribution in [1.29, 1.82) is 5.41 Å². The molecule has 5 nitrogen and oxygen atoms in total. The number of hydrogen-bond donors (Lipinski definition) is 2. The van der Waals surface area contributed by atoms with E-state index >= 15 is 0 Å². The van der Waals surface area contributed by atoms with Gasteiger partial charge in [0, 0.05) is 11.8 Å². The van der Waals surface area contributed by atoms with Crippen molar-refractivity contribution in [3.8, 4) is 11.8 Å². The van der Waals surface area contributed by atoms with Gasteiger partial charge in [-0.25, -0.2) is 9.37 Å². The molecule has 3 N–H and O–H groups in total. The highest BCUT2D eigenvalue weighted by Crippen LogP contribution is 2.23. The first-order valence-electron chi connectivity index (χ1n) is 5.28. The number of rotatable bonds is 3. The van der Waals surface area contributed by atoms with Crippen LogP contribution in [0.5, 0.6) is 11.8 Å². The first-order valence-corrected chi connectivity index (χ1v) is 5.66. The van der Waals surface area contributed by atoms with Gasteiger partial charge >= 0.3 is 6.01 Å². The minimum atomic E-state index is -0.599. The highest BCUT2D eigenvalue weighted by molar-refractivity contribution is 6.30. The molecule has 1 heterocycles. The van der Waals surface area contributed by atoms with Gasteiger partial charge in [-0.15, -0.1) is 0 Å². The van der Waals surface area contributed by atoms with Crippen LogP contribution in [0.4, 0.5) is 4.39 Å². The van der Waals surface area contributed by atoms with E-state index in [1.807, 2.05) is 0 Å². The first-order chi connectivity index (χ1) is 8.95. The second-order valence-corrected chi connectivity index (χ2v) is 4.18. The van der Waals surface area contributed by atoms with Crippen LogP contribution in [-0.2, 0) is 0 Å². The van der Waals surface area contributed by atoms with E-state index in [4.69, 9.17) is 27.5 Å². The Morgan fingerprint density at radius 1 is 1.37 bits per heavy atom. The molecule has 0 fully saturated rings. The largest absolute Gasteiger partial charge is 0.424 e. The summed E-state index contributed by atoms with van der Waals surface area (Å²) in [5.74, 6) is -0.585. The Kier molecular flexibility index (Phi) is 3.62. The summed E-state index contributed by atoms with van der Waals surface area (Å²) in [6.07, 6.45) is 0. The molecule has 0 saturated heterocycles. The minimum absolute atomic E-state index is 0.00179. The lowest BCUT2D eigenvalue weighted by Crippen LogP contribution is -2.14. The number of nitrogens with one attached hydrogen (secondary N) is 1. The van der Waals surface area contributed by atoms with Crippen LogP contribution in [0.3, 0.4) is 0 Å². The van der Waals surface area contributed by atoms with Gasteiger partial charge in [0.05, 0.1) is 5.02 Å². The summed E-state index contributed by atoms with van der Waals surface area (Å²) >= 11 is 5.57. The predicted octanol–water partition coefficient (Wildman–Crippen LogP) is 2.65. The second-order valence-electron chi connectivity index (χ2n) is 3.77. The number of amidine groups is 1. The zero-order valence-electron chi connectivity index (χ0n) is 9.95. The maximum Gasteiger partial charge on any atom is 0.322 e. The molecule has 0 radical (unpaired) electrons. The third kappa shape index (κ3) is 3.17. The molecule has 1 aromatic carbocycles. The number of halogens is 2. The van der Waals surface area contributed by atoms with Crippen molar-refractivity contribution < 1.29 is 9.13 Å². The minimum Gasteiger partial charge on any atom is -0.424 e. The number of benzene rings is 1. The molecule has 0 spiro atoms. The fourth-order valence-electron chi connectivity index (χ4n) is 1.37. The Balaban J connectivity index is 2.32. The molecule has 0 aliphatic carbocycles. The maximum absolute atomic E-state index is 13.3. The molecule has 0 aliphatic heterocycles. The van der Waals surface area contributed by atoms with E-state index in [0.717, 1.165) is 6.07 Å². The van der Waals surface area contributed by atoms with Crippen molar-refractivity contribution in [1.82, 2.24) is 9.97 Å². The average Bonchev–Trinajstić information content (AvgIpc) is 2.33. The number of nitrogens with zero attached hydrogens (tertiary/aromatic N) is 2. The lowest BCUT2D eigenvalue weighted by atomic mass is 10.3. The van der Waals surface area contributed by atoms with Gasteiger partial charge in [0.15, 0.2) is 0 Å². The topological polar surface area (TPSA) is 84.9 Å². The van der Waals surface area contributed by atoms with Crippen molar-refractivity contribution in [2.45, 2.75) is 6.92 Å². The Morgan fingerprint density at radius 2 is 2.11 bits per heavy atom. The van der Waals surface area contributed by atoms with Crippen molar-refractivity contribution in [2.24, 2.45) is 5.73 Å². The molecular weight excluding hydrogens is 271 g/mol. The third-order valence-corrected chi connectivity index (χ3v) is 2.52. The molecule has 0 aliphatic rings. The Hall–Kier alpha value is -2.21. The van der Waals surface area contributed by atoms with Gasteiger partial charge in [-0.3, -0.25) is 5.41 Å². The van der Waals surface area contributed by atoms with Crippen LogP contribution in [0, 0.1) is 18.2 Å². The van der Waals surface area contributed by atoms with Crippen LogP contribution >= 0.6 is 11.6 Å². The monoisotopic (exact) mass is 280 g/mol. The van der Waals surface area contributed by atoms with Crippen LogP contribution < -0.4 is 10.5 Å². The summed E-state index contributed by atoms with van der Waals surface area (Å²) < 4.78 is 18.6. The maximum atomic E-state index is 13.3. The molecular formula is C12H10ClFN4O. The first kappa shape index (κ1) is 13.2. The van der Waals surface area contributed by atoms with E-state index in [9.17, 15) is 4.39 Å². The Labute approximate surface area is 113 Å². The van der Waals surface area contributed by atoms with Gasteiger partial charge in [-0.2, -0.15) is 4.98 Å². The number of aryl methyl sites for hydroxylation is 1. The Morgan fingerprint density at radius 3 is 2.74 bits per heavy atom. The SMILES string of the molecule is Cc1cc(C(=N)N)nc(Oc2ccc(Cl)c(F)c2)n1. The van der Waals surface area contributed by atoms with E-state index in [1.54, 1.807) is 13.0 Å². The molecule has 0 unspecified atom stereocenters. The highest BCUT2D eigenvalue weighted by atomic mass is 35.5. The summed E-state index contributed by atoms with van der Waals surface area (Å²) in [6.45, 7) is 1.71. The Bertz CT molecular complexity index is 648. The standard InChI is InChI=1S/C12H10ClFN4O/c1-6-4-10(11(15)16)18-12(17-6)19-7-2-3-8(13)9(14)5-7/h2-5H,1H3,(H3,15,16). The molecule has 2 aromatic rings. The molecule has 1 aromatic heterocycles. The van der Waals surface area contributed by atoms with Crippen molar-refractivity contribution in [2.75, 3.05) is 0 Å². The molecule has 98 valence electrons. The van der Waals surface area contributed by atoms with Crippen molar-refractivity contribution in [3.63, 3.8) is 0 Å². The van der Waals surface area contributed by atoms with Crippen LogP contribution in [0.1, 0.15) is 11.4 Å². The van der Waals surface area contributed by atoms with Gasteiger partial charge in [-0.1, -0.05) is 11.6 Å². The van der Waals surface area contributed by atoms with Gasteiger partial charge in [0.25, 0.3) is 0 Å². The normalized spacial score (nSPS) is 10.3. The van der Waals surface area contributed by atoms with Gasteiger partial charge in [0.2, 0.25) is 0 Å². The number of nitrogen functional groups attached to an aromatic ring is 1. The van der Waals surface area contributed by atoms with E-state index in [1.165, 1.54) is 12.1 Å². The van der Waals surface area contributed by atoms with Crippen LogP contribution in [-0.4, -0.2) is 15.8 Å². The van der Waals surface area contributed by atoms with E-state index < -0.39 is 5.82 Å². The third-order valence-electron chi connectivity index (χ3n) is 2.21. The van der Waals surface area contributed by atoms with Crippen LogP contribution in [0.2, 0.25) is 5.02 Å². The predicted molar refractivity (Wildman–Crippen MR) is 69.3 cm³/mol. The zero-order valence-corrected chi connectivity index (χ0v) is 10.7. The number of hydrogen-bond acceptors (Lipinski definition) is 4. The number of aromatic nitrogens is 2. The summed E-state index contributed by atoms with van der Waals surface area (Å²) in [5.41, 5.74) is 6.18. The molecule has 0 bridgehead atoms. The summed E-state index contributed by atoms with van der Waals surface area (Å²) in [5, 5.41) is 7.33. The molecule has 0 saturated carbocycles. The van der Waals surface area contributed by atoms with E-state index in [0.29, 0.717) is 5.69 Å². The van der Waals surface area contributed by atoms with Gasteiger partial charge in [0.1, 0.15) is 23.1 Å². The average molecular weight is 281 g/mol. The second kappa shape index (κ2) is 5.19. The quantitative estimate of drug-likeness (QED) is 0.668. The van der Waals surface area contributed by atoms with E-state index in [-0.39, 0.29) is 28.3 Å². The molecule has 2 rings (SSSR count). The van der Waals surface area contributed by atoms with Gasteiger partial charge in [-0.05, 0) is 25.1 Å². The molecule has 0 atom stereocenters. The molecule has 7 heteroatoms. The summed E-state index contributed by atoms with van der Waals surface area (Å²) in [6, 6.07) is 5.53. The lowest BCUT2D eigenvalue weighted by molar-refractivity contribution is 0.436. The summed E-state index contributed by atoms with van der Waals surface area (Å²) in [7, 11) is 0. The van der Waals surface area contributed by atoms with Crippen LogP contribution in [0.15, 0.2) is 24.3 Å². The smallest absolute Gasteiger partial charge is 0.322 e. The fraction of sp³-hybridized carbons (Fsp3) is 0.0833. The molecule has 0 amide bonds. The van der Waals surface area contributed by atoms with Crippen molar-refractivity contribution in [3.05, 3.63) is 46.5 Å². The summed E-state index contributed by atoms with van der Waals surface area (Å²) in [4.78, 5) is 7.96. The van der Waals surface area contributed by atoms with Crippen molar-refractivity contribution >= 4 is 17.4 Å². The number of ether oxygens (including phenoxy) is 1. The van der Waals surface area contributed by atoms with E-state index in [2.05, 4.69) is 9.97 Å². The van der Waals surface area contributed by atoms with Crippen LogP contribution in [0.25, 0.3) is 0 Å². The fourth-order valence-corrected chi connectivity index (χ4v) is 1.49. The molecule has 19 heavy (non-hydrogen) atoms. The highest BCUT2D eigenvalue weighted by Gasteiger charge is 2.08. The lowest BCUT2D eigenvalue weighted by Gasteiger charge is -2.07.